The monoisotopic (exact) mass is 354 g/mol. The quantitative estimate of drug-likeness (QED) is 0.532. The second-order valence-electron chi connectivity index (χ2n) is 8.25. The minimum Gasteiger partial charge on any atom is -0.392 e. The summed E-state index contributed by atoms with van der Waals surface area (Å²) in [5.41, 5.74) is -0.0293. The van der Waals surface area contributed by atoms with Gasteiger partial charge in [-0.15, -0.1) is 0 Å². The van der Waals surface area contributed by atoms with Gasteiger partial charge in [0.1, 0.15) is 5.78 Å². The smallest absolute Gasteiger partial charge is 0.138 e. The van der Waals surface area contributed by atoms with Gasteiger partial charge >= 0.3 is 0 Å². The molecule has 5 unspecified atom stereocenters. The van der Waals surface area contributed by atoms with Crippen LogP contribution in [0.25, 0.3) is 0 Å². The van der Waals surface area contributed by atoms with Gasteiger partial charge in [-0.1, -0.05) is 34.6 Å². The zero-order valence-corrected chi connectivity index (χ0v) is 17.0. The molecule has 146 valence electrons. The van der Waals surface area contributed by atoms with E-state index in [4.69, 9.17) is 9.47 Å². The molecule has 0 amide bonds. The molecule has 1 N–H and O–H groups in total. The lowest BCUT2D eigenvalue weighted by molar-refractivity contribution is -0.127. The molecule has 2 rings (SSSR count). The van der Waals surface area contributed by atoms with E-state index in [0.29, 0.717) is 18.9 Å². The Morgan fingerprint density at radius 1 is 1.12 bits per heavy atom. The molecule has 4 nitrogen and oxygen atoms in total. The summed E-state index contributed by atoms with van der Waals surface area (Å²) >= 11 is 0. The summed E-state index contributed by atoms with van der Waals surface area (Å²) in [5.74, 6) is 0.00207. The molecule has 2 fully saturated rings. The van der Waals surface area contributed by atoms with Gasteiger partial charge in [-0.3, -0.25) is 4.79 Å². The fraction of sp³-hybridized carbons (Fsp3) is 0.952. The third-order valence-electron chi connectivity index (χ3n) is 6.89. The summed E-state index contributed by atoms with van der Waals surface area (Å²) in [5, 5.41) is 10.7. The highest BCUT2D eigenvalue weighted by molar-refractivity contribution is 5.81. The van der Waals surface area contributed by atoms with E-state index in [-0.39, 0.29) is 34.9 Å². The average molecular weight is 355 g/mol. The molecular weight excluding hydrogens is 316 g/mol. The van der Waals surface area contributed by atoms with E-state index in [1.807, 2.05) is 13.8 Å². The van der Waals surface area contributed by atoms with Gasteiger partial charge in [0.05, 0.1) is 29.5 Å². The van der Waals surface area contributed by atoms with Crippen molar-refractivity contribution < 1.29 is 19.4 Å². The minimum atomic E-state index is -0.570. The number of hydrogen-bond donors (Lipinski definition) is 1. The molecule has 2 aliphatic heterocycles. The van der Waals surface area contributed by atoms with Gasteiger partial charge < -0.3 is 14.6 Å². The van der Waals surface area contributed by atoms with Crippen LogP contribution in [0, 0.1) is 11.8 Å². The highest BCUT2D eigenvalue weighted by atomic mass is 16.6. The number of carbonyl (C=O) groups is 1. The van der Waals surface area contributed by atoms with Gasteiger partial charge in [0.15, 0.2) is 0 Å². The number of Topliss-reactive ketones (excluding diaryl/α,β-unsaturated/α-hetero) is 1. The Kier molecular flexibility index (Phi) is 6.72. The summed E-state index contributed by atoms with van der Waals surface area (Å²) in [4.78, 5) is 12.1. The molecule has 0 bridgehead atoms. The van der Waals surface area contributed by atoms with Gasteiger partial charge in [-0.2, -0.15) is 0 Å². The van der Waals surface area contributed by atoms with Crippen LogP contribution in [0.3, 0.4) is 0 Å². The van der Waals surface area contributed by atoms with Gasteiger partial charge in [0.2, 0.25) is 0 Å². The first kappa shape index (κ1) is 20.9. The molecule has 0 spiro atoms. The van der Waals surface area contributed by atoms with Gasteiger partial charge in [-0.25, -0.2) is 0 Å². The zero-order chi connectivity index (χ0) is 18.8. The number of rotatable bonds is 12. The van der Waals surface area contributed by atoms with Crippen LogP contribution >= 0.6 is 0 Å². The molecule has 0 saturated carbocycles. The van der Waals surface area contributed by atoms with Crippen molar-refractivity contribution in [3.8, 4) is 0 Å². The van der Waals surface area contributed by atoms with E-state index in [2.05, 4.69) is 27.7 Å². The highest BCUT2D eigenvalue weighted by Crippen LogP contribution is 2.51. The summed E-state index contributed by atoms with van der Waals surface area (Å²) in [7, 11) is 0. The minimum absolute atomic E-state index is 0.0710. The normalized spacial score (nSPS) is 37.4. The van der Waals surface area contributed by atoms with E-state index in [1.54, 1.807) is 0 Å². The van der Waals surface area contributed by atoms with Crippen molar-refractivity contribution in [2.75, 3.05) is 0 Å². The first-order valence-electron chi connectivity index (χ1n) is 10.4. The van der Waals surface area contributed by atoms with Crippen molar-refractivity contribution in [2.45, 2.75) is 116 Å². The number of ketones is 1. The lowest BCUT2D eigenvalue weighted by atomic mass is 9.79. The number of aliphatic hydroxyl groups excluding tert-OH is 1. The first-order valence-corrected chi connectivity index (χ1v) is 10.4. The Labute approximate surface area is 153 Å². The number of hydrogen-bond acceptors (Lipinski definition) is 4. The van der Waals surface area contributed by atoms with Crippen molar-refractivity contribution in [1.29, 1.82) is 0 Å². The molecule has 0 radical (unpaired) electrons. The van der Waals surface area contributed by atoms with Gasteiger partial charge in [0.25, 0.3) is 0 Å². The Hall–Kier alpha value is -0.450. The predicted octanol–water partition coefficient (Wildman–Crippen LogP) is 4.27. The number of ether oxygens (including phenoxy) is 2. The van der Waals surface area contributed by atoms with Crippen LogP contribution in [0.4, 0.5) is 0 Å². The molecule has 0 aromatic heterocycles. The van der Waals surface area contributed by atoms with Crippen LogP contribution in [-0.4, -0.2) is 40.4 Å². The fourth-order valence-electron chi connectivity index (χ4n) is 4.69. The van der Waals surface area contributed by atoms with E-state index >= 15 is 0 Å². The summed E-state index contributed by atoms with van der Waals surface area (Å²) in [6, 6.07) is 0. The fourth-order valence-corrected chi connectivity index (χ4v) is 4.69. The lowest BCUT2D eigenvalue weighted by Gasteiger charge is -2.28. The summed E-state index contributed by atoms with van der Waals surface area (Å²) in [6.45, 7) is 12.4. The third kappa shape index (κ3) is 4.28. The number of epoxide rings is 2. The SMILES string of the molecule is CCC(=O)[C@H](CC)C(O)[C@H](C)CC1(CC)OC1CCC1(CC)OC1C. The molecule has 0 aromatic rings. The van der Waals surface area contributed by atoms with Crippen LogP contribution in [0.1, 0.15) is 86.5 Å². The topological polar surface area (TPSA) is 62.4 Å². The molecular formula is C21H38O4. The third-order valence-corrected chi connectivity index (χ3v) is 6.89. The Morgan fingerprint density at radius 3 is 2.16 bits per heavy atom. The van der Waals surface area contributed by atoms with Crippen molar-refractivity contribution in [3.63, 3.8) is 0 Å². The first-order chi connectivity index (χ1) is 11.8. The van der Waals surface area contributed by atoms with Crippen LogP contribution < -0.4 is 0 Å². The van der Waals surface area contributed by atoms with E-state index < -0.39 is 6.10 Å². The molecule has 2 saturated heterocycles. The lowest BCUT2D eigenvalue weighted by Crippen LogP contribution is -2.35. The number of carbonyl (C=O) groups excluding carboxylic acids is 1. The maximum absolute atomic E-state index is 12.1. The molecule has 0 aliphatic carbocycles. The summed E-state index contributed by atoms with van der Waals surface area (Å²) < 4.78 is 11.9. The van der Waals surface area contributed by atoms with Gasteiger partial charge in [0, 0.05) is 12.3 Å². The van der Waals surface area contributed by atoms with Crippen LogP contribution in [0.2, 0.25) is 0 Å². The van der Waals surface area contributed by atoms with Crippen molar-refractivity contribution >= 4 is 5.78 Å². The van der Waals surface area contributed by atoms with E-state index in [1.165, 1.54) is 0 Å². The Morgan fingerprint density at radius 2 is 1.72 bits per heavy atom. The average Bonchev–Trinajstić information content (AvgIpc) is 3.48. The van der Waals surface area contributed by atoms with E-state index in [0.717, 1.165) is 32.1 Å². The second kappa shape index (κ2) is 8.06. The van der Waals surface area contributed by atoms with Crippen LogP contribution in [0.5, 0.6) is 0 Å². The molecule has 0 aromatic carbocycles. The Balaban J connectivity index is 1.88. The standard InChI is InChI=1S/C21H38O4/c1-7-16(17(22)8-2)19(23)14(5)13-21(10-4)18(25-21)11-12-20(9-3)15(6)24-20/h14-16,18-19,23H,7-13H2,1-6H3/t14-,15?,16+,18?,19?,20?,21?/m1/s1. The van der Waals surface area contributed by atoms with Crippen molar-refractivity contribution in [2.24, 2.45) is 11.8 Å². The molecule has 25 heavy (non-hydrogen) atoms. The second-order valence-corrected chi connectivity index (χ2v) is 8.25. The maximum Gasteiger partial charge on any atom is 0.138 e. The van der Waals surface area contributed by atoms with Crippen molar-refractivity contribution in [1.82, 2.24) is 0 Å². The predicted molar refractivity (Wildman–Crippen MR) is 99.6 cm³/mol. The number of aliphatic hydroxyl groups is 1. The largest absolute Gasteiger partial charge is 0.392 e. The van der Waals surface area contributed by atoms with E-state index in [9.17, 15) is 9.90 Å². The van der Waals surface area contributed by atoms with Gasteiger partial charge in [-0.05, 0) is 51.4 Å². The molecule has 7 atom stereocenters. The van der Waals surface area contributed by atoms with Crippen molar-refractivity contribution in [3.05, 3.63) is 0 Å². The zero-order valence-electron chi connectivity index (χ0n) is 17.0. The summed E-state index contributed by atoms with van der Waals surface area (Å²) in [6.07, 6.45) is 6.22. The highest BCUT2D eigenvalue weighted by Gasteiger charge is 2.58. The molecule has 2 aliphatic rings. The van der Waals surface area contributed by atoms with Crippen LogP contribution in [0.15, 0.2) is 0 Å². The Bertz CT molecular complexity index is 461. The molecule has 2 heterocycles. The van der Waals surface area contributed by atoms with Crippen LogP contribution in [-0.2, 0) is 14.3 Å². The maximum atomic E-state index is 12.1. The molecule has 4 heteroatoms.